The molecule has 2 N–H and O–H groups in total. The van der Waals surface area contributed by atoms with Crippen molar-refractivity contribution < 1.29 is 9.90 Å². The topological polar surface area (TPSA) is 80.0 Å². The van der Waals surface area contributed by atoms with E-state index in [4.69, 9.17) is 5.11 Å². The van der Waals surface area contributed by atoms with Crippen LogP contribution in [0.15, 0.2) is 30.6 Å². The number of rotatable bonds is 4. The molecule has 1 aromatic carbocycles. The third-order valence-corrected chi connectivity index (χ3v) is 2.62. The second-order valence-corrected chi connectivity index (χ2v) is 4.02. The molecule has 0 aliphatic heterocycles. The van der Waals surface area contributed by atoms with E-state index in [1.807, 2.05) is 31.3 Å². The summed E-state index contributed by atoms with van der Waals surface area (Å²) >= 11 is 0. The number of benzene rings is 1. The molecule has 0 bridgehead atoms. The van der Waals surface area contributed by atoms with Crippen LogP contribution in [0.3, 0.4) is 0 Å². The molecule has 1 unspecified atom stereocenters. The maximum atomic E-state index is 10.9. The molecule has 0 amide bonds. The molecule has 0 saturated heterocycles. The van der Waals surface area contributed by atoms with Gasteiger partial charge in [-0.1, -0.05) is 12.1 Å². The minimum absolute atomic E-state index is 0.667. The lowest BCUT2D eigenvalue weighted by Crippen LogP contribution is -2.25. The molecule has 0 aliphatic carbocycles. The van der Waals surface area contributed by atoms with Crippen molar-refractivity contribution in [2.45, 2.75) is 13.0 Å². The summed E-state index contributed by atoms with van der Waals surface area (Å²) in [5.41, 5.74) is 1.55. The number of hydrogen-bond acceptors (Lipinski definition) is 4. The van der Waals surface area contributed by atoms with Gasteiger partial charge in [0, 0.05) is 18.3 Å². The highest BCUT2D eigenvalue weighted by molar-refractivity contribution is 5.81. The third-order valence-electron chi connectivity index (χ3n) is 2.62. The van der Waals surface area contributed by atoms with Gasteiger partial charge in [0.05, 0.1) is 0 Å². The first kappa shape index (κ1) is 12.1. The lowest BCUT2D eigenvalue weighted by Gasteiger charge is -2.14. The molecule has 0 saturated carbocycles. The van der Waals surface area contributed by atoms with E-state index in [1.54, 1.807) is 17.8 Å². The number of carboxylic acid groups (broad SMARTS) is 1. The van der Waals surface area contributed by atoms with Gasteiger partial charge in [0.15, 0.2) is 5.82 Å². The van der Waals surface area contributed by atoms with Crippen LogP contribution in [0.1, 0.15) is 6.92 Å². The summed E-state index contributed by atoms with van der Waals surface area (Å²) in [5, 5.41) is 19.7. The fraction of sp³-hybridized carbons (Fsp3) is 0.250. The molecule has 1 atom stereocenters. The number of nitrogens with one attached hydrogen (secondary N) is 1. The Labute approximate surface area is 104 Å². The molecule has 6 heteroatoms. The van der Waals surface area contributed by atoms with Crippen LogP contribution in [-0.2, 0) is 11.8 Å². The Bertz CT molecular complexity index is 565. The fourth-order valence-electron chi connectivity index (χ4n) is 1.63. The highest BCUT2D eigenvalue weighted by Gasteiger charge is 2.14. The number of nitrogens with zero attached hydrogens (tertiary/aromatic N) is 3. The molecule has 0 spiro atoms. The van der Waals surface area contributed by atoms with Crippen molar-refractivity contribution in [3.8, 4) is 11.4 Å². The second kappa shape index (κ2) is 4.87. The predicted molar refractivity (Wildman–Crippen MR) is 67.2 cm³/mol. The van der Waals surface area contributed by atoms with Gasteiger partial charge in [-0.2, -0.15) is 0 Å². The minimum atomic E-state index is -0.900. The number of carbonyl (C=O) groups is 1. The summed E-state index contributed by atoms with van der Waals surface area (Å²) in [7, 11) is 1.84. The van der Waals surface area contributed by atoms with Gasteiger partial charge in [0.2, 0.25) is 0 Å². The number of carboxylic acids is 1. The maximum absolute atomic E-state index is 10.9. The maximum Gasteiger partial charge on any atom is 0.325 e. The number of para-hydroxylation sites is 1. The average Bonchev–Trinajstić information content (AvgIpc) is 2.76. The zero-order valence-electron chi connectivity index (χ0n) is 10.2. The molecule has 1 heterocycles. The van der Waals surface area contributed by atoms with Crippen LogP contribution in [0.2, 0.25) is 0 Å². The summed E-state index contributed by atoms with van der Waals surface area (Å²) in [4.78, 5) is 10.9. The van der Waals surface area contributed by atoms with E-state index in [0.717, 1.165) is 11.3 Å². The van der Waals surface area contributed by atoms with E-state index >= 15 is 0 Å². The first-order chi connectivity index (χ1) is 8.59. The van der Waals surface area contributed by atoms with Gasteiger partial charge in [-0.15, -0.1) is 10.2 Å². The van der Waals surface area contributed by atoms with Crippen molar-refractivity contribution in [1.82, 2.24) is 14.8 Å². The zero-order chi connectivity index (χ0) is 13.1. The number of aliphatic carboxylic acids is 1. The first-order valence-electron chi connectivity index (χ1n) is 5.52. The smallest absolute Gasteiger partial charge is 0.325 e. The Hall–Kier alpha value is -2.37. The van der Waals surface area contributed by atoms with E-state index in [-0.39, 0.29) is 0 Å². The molecule has 18 heavy (non-hydrogen) atoms. The number of aromatic nitrogens is 3. The molecule has 0 aliphatic rings. The summed E-state index contributed by atoms with van der Waals surface area (Å²) < 4.78 is 1.78. The number of hydrogen-bond donors (Lipinski definition) is 2. The van der Waals surface area contributed by atoms with Crippen molar-refractivity contribution in [1.29, 1.82) is 0 Å². The van der Waals surface area contributed by atoms with E-state index in [2.05, 4.69) is 15.5 Å². The van der Waals surface area contributed by atoms with Crippen LogP contribution < -0.4 is 5.32 Å². The van der Waals surface area contributed by atoms with Crippen LogP contribution in [-0.4, -0.2) is 31.9 Å². The summed E-state index contributed by atoms with van der Waals surface area (Å²) in [6.07, 6.45) is 1.60. The largest absolute Gasteiger partial charge is 0.480 e. The van der Waals surface area contributed by atoms with Crippen molar-refractivity contribution in [2.75, 3.05) is 5.32 Å². The summed E-state index contributed by atoms with van der Waals surface area (Å²) in [5.74, 6) is -0.210. The molecule has 0 radical (unpaired) electrons. The van der Waals surface area contributed by atoms with Crippen LogP contribution in [0.5, 0.6) is 0 Å². The van der Waals surface area contributed by atoms with Gasteiger partial charge < -0.3 is 15.0 Å². The fourth-order valence-corrected chi connectivity index (χ4v) is 1.63. The molecular formula is C12H14N4O2. The van der Waals surface area contributed by atoms with E-state index in [0.29, 0.717) is 5.82 Å². The zero-order valence-corrected chi connectivity index (χ0v) is 10.2. The van der Waals surface area contributed by atoms with Crippen molar-refractivity contribution in [3.63, 3.8) is 0 Å². The van der Waals surface area contributed by atoms with Gasteiger partial charge in [-0.25, -0.2) is 0 Å². The molecular weight excluding hydrogens is 232 g/mol. The number of anilines is 1. The molecule has 2 rings (SSSR count). The Morgan fingerprint density at radius 2 is 2.17 bits per heavy atom. The molecule has 94 valence electrons. The standard InChI is InChI=1S/C12H14N4O2/c1-8(12(17)18)14-10-6-4-3-5-9(10)11-15-13-7-16(11)2/h3-8,14H,1-2H3,(H,17,18). The lowest BCUT2D eigenvalue weighted by molar-refractivity contribution is -0.137. The third kappa shape index (κ3) is 2.32. The Morgan fingerprint density at radius 1 is 1.44 bits per heavy atom. The van der Waals surface area contributed by atoms with Crippen LogP contribution >= 0.6 is 0 Å². The van der Waals surface area contributed by atoms with Gasteiger partial charge in [-0.05, 0) is 19.1 Å². The van der Waals surface area contributed by atoms with Crippen molar-refractivity contribution >= 4 is 11.7 Å². The average molecular weight is 246 g/mol. The monoisotopic (exact) mass is 246 g/mol. The normalized spacial score (nSPS) is 12.1. The Morgan fingerprint density at radius 3 is 2.78 bits per heavy atom. The van der Waals surface area contributed by atoms with Crippen LogP contribution in [0.25, 0.3) is 11.4 Å². The highest BCUT2D eigenvalue weighted by Crippen LogP contribution is 2.25. The van der Waals surface area contributed by atoms with Crippen molar-refractivity contribution in [3.05, 3.63) is 30.6 Å². The predicted octanol–water partition coefficient (Wildman–Crippen LogP) is 1.37. The van der Waals surface area contributed by atoms with E-state index in [9.17, 15) is 4.79 Å². The van der Waals surface area contributed by atoms with E-state index < -0.39 is 12.0 Å². The minimum Gasteiger partial charge on any atom is -0.480 e. The molecule has 0 fully saturated rings. The van der Waals surface area contributed by atoms with Gasteiger partial charge in [-0.3, -0.25) is 4.79 Å². The molecule has 2 aromatic rings. The lowest BCUT2D eigenvalue weighted by atomic mass is 10.1. The van der Waals surface area contributed by atoms with E-state index in [1.165, 1.54) is 0 Å². The SMILES string of the molecule is CC(Nc1ccccc1-c1nncn1C)C(=O)O. The second-order valence-electron chi connectivity index (χ2n) is 4.02. The van der Waals surface area contributed by atoms with Gasteiger partial charge >= 0.3 is 5.97 Å². The van der Waals surface area contributed by atoms with Crippen LogP contribution in [0, 0.1) is 0 Å². The Kier molecular flexibility index (Phi) is 3.27. The molecule has 1 aromatic heterocycles. The van der Waals surface area contributed by atoms with Gasteiger partial charge in [0.25, 0.3) is 0 Å². The Balaban J connectivity index is 2.38. The van der Waals surface area contributed by atoms with Gasteiger partial charge in [0.1, 0.15) is 12.4 Å². The summed E-state index contributed by atoms with van der Waals surface area (Å²) in [6.45, 7) is 1.59. The summed E-state index contributed by atoms with van der Waals surface area (Å²) in [6, 6.07) is 6.75. The first-order valence-corrected chi connectivity index (χ1v) is 5.52. The van der Waals surface area contributed by atoms with Crippen molar-refractivity contribution in [2.24, 2.45) is 7.05 Å². The quantitative estimate of drug-likeness (QED) is 0.851. The van der Waals surface area contributed by atoms with Crippen LogP contribution in [0.4, 0.5) is 5.69 Å². The molecule has 6 nitrogen and oxygen atoms in total. The highest BCUT2D eigenvalue weighted by atomic mass is 16.4. The number of aryl methyl sites for hydroxylation is 1.